The van der Waals surface area contributed by atoms with Crippen LogP contribution in [-0.4, -0.2) is 13.2 Å². The van der Waals surface area contributed by atoms with E-state index in [1.54, 1.807) is 13.2 Å². The average molecular weight is 303 g/mol. The molecule has 0 heterocycles. The molecule has 0 aromatic heterocycles. The summed E-state index contributed by atoms with van der Waals surface area (Å²) in [5.74, 6) is 2.60. The van der Waals surface area contributed by atoms with Gasteiger partial charge in [-0.2, -0.15) is 0 Å². The number of benzene rings is 1. The zero-order valence-electron chi connectivity index (χ0n) is 11.4. The second-order valence-electron chi connectivity index (χ2n) is 5.23. The van der Waals surface area contributed by atoms with E-state index >= 15 is 0 Å². The van der Waals surface area contributed by atoms with Crippen LogP contribution in [-0.2, 0) is 5.88 Å². The normalized spacial score (nSPS) is 23.2. The van der Waals surface area contributed by atoms with Crippen LogP contribution in [0.25, 0.3) is 0 Å². The molecule has 1 aromatic carbocycles. The Morgan fingerprint density at radius 3 is 2.47 bits per heavy atom. The number of methoxy groups -OCH3 is 1. The summed E-state index contributed by atoms with van der Waals surface area (Å²) in [5, 5.41) is 0.622. The van der Waals surface area contributed by atoms with Gasteiger partial charge in [-0.1, -0.05) is 18.5 Å². The highest BCUT2D eigenvalue weighted by Gasteiger charge is 2.22. The zero-order chi connectivity index (χ0) is 13.8. The third-order valence-corrected chi connectivity index (χ3v) is 4.21. The number of rotatable bonds is 4. The summed E-state index contributed by atoms with van der Waals surface area (Å²) in [6.07, 6.45) is 4.88. The van der Waals surface area contributed by atoms with Gasteiger partial charge >= 0.3 is 0 Å². The van der Waals surface area contributed by atoms with E-state index in [-0.39, 0.29) is 6.10 Å². The molecular weight excluding hydrogens is 283 g/mol. The maximum Gasteiger partial charge on any atom is 0.166 e. The van der Waals surface area contributed by atoms with E-state index in [2.05, 4.69) is 6.92 Å². The van der Waals surface area contributed by atoms with Crippen LogP contribution in [0, 0.1) is 5.92 Å². The Balaban J connectivity index is 2.18. The van der Waals surface area contributed by atoms with Crippen LogP contribution in [0.2, 0.25) is 5.02 Å². The standard InChI is InChI=1S/C15H20Cl2O2/c1-10-3-5-13(6-4-10)19-15-11(9-16)7-12(17)8-14(15)18-2/h7-8,10,13H,3-6,9H2,1-2H3. The SMILES string of the molecule is COc1cc(Cl)cc(CCl)c1OC1CCC(C)CC1. The van der Waals surface area contributed by atoms with Gasteiger partial charge in [-0.05, 0) is 37.7 Å². The second kappa shape index (κ2) is 6.71. The van der Waals surface area contributed by atoms with Gasteiger partial charge in [-0.15, -0.1) is 11.6 Å². The lowest BCUT2D eigenvalue weighted by molar-refractivity contribution is 0.130. The fourth-order valence-corrected chi connectivity index (χ4v) is 2.95. The van der Waals surface area contributed by atoms with Crippen LogP contribution in [0.1, 0.15) is 38.2 Å². The van der Waals surface area contributed by atoms with Gasteiger partial charge in [0.1, 0.15) is 0 Å². The maximum absolute atomic E-state index is 6.13. The third-order valence-electron chi connectivity index (χ3n) is 3.71. The summed E-state index contributed by atoms with van der Waals surface area (Å²) in [7, 11) is 1.62. The minimum atomic E-state index is 0.258. The van der Waals surface area contributed by atoms with Crippen molar-refractivity contribution in [3.63, 3.8) is 0 Å². The van der Waals surface area contributed by atoms with Crippen molar-refractivity contribution in [2.24, 2.45) is 5.92 Å². The van der Waals surface area contributed by atoms with E-state index in [4.69, 9.17) is 32.7 Å². The first-order valence-corrected chi connectivity index (χ1v) is 7.64. The van der Waals surface area contributed by atoms with E-state index in [9.17, 15) is 0 Å². The molecule has 0 N–H and O–H groups in total. The smallest absolute Gasteiger partial charge is 0.166 e. The summed E-state index contributed by atoms with van der Waals surface area (Å²) in [6.45, 7) is 2.29. The third kappa shape index (κ3) is 3.70. The zero-order valence-corrected chi connectivity index (χ0v) is 12.9. The Labute approximate surface area is 125 Å². The number of halogens is 2. The molecule has 0 atom stereocenters. The van der Waals surface area contributed by atoms with Crippen molar-refractivity contribution in [1.82, 2.24) is 0 Å². The predicted molar refractivity (Wildman–Crippen MR) is 79.6 cm³/mol. The lowest BCUT2D eigenvalue weighted by atomic mass is 9.89. The summed E-state index contributed by atoms with van der Waals surface area (Å²) < 4.78 is 11.5. The van der Waals surface area contributed by atoms with Gasteiger partial charge in [0.25, 0.3) is 0 Å². The molecule has 1 saturated carbocycles. The predicted octanol–water partition coefficient (Wildman–Crippen LogP) is 5.04. The van der Waals surface area contributed by atoms with E-state index in [0.717, 1.165) is 30.1 Å². The van der Waals surface area contributed by atoms with Gasteiger partial charge in [0.15, 0.2) is 11.5 Å². The molecule has 1 aliphatic carbocycles. The molecule has 106 valence electrons. The molecule has 4 heteroatoms. The van der Waals surface area contributed by atoms with Gasteiger partial charge < -0.3 is 9.47 Å². The Morgan fingerprint density at radius 1 is 1.21 bits per heavy atom. The Kier molecular flexibility index (Phi) is 5.23. The van der Waals surface area contributed by atoms with Gasteiger partial charge in [0, 0.05) is 16.7 Å². The molecule has 0 aliphatic heterocycles. The molecule has 1 aliphatic rings. The lowest BCUT2D eigenvalue weighted by Crippen LogP contribution is -2.23. The topological polar surface area (TPSA) is 18.5 Å². The Morgan fingerprint density at radius 2 is 1.89 bits per heavy atom. The number of alkyl halides is 1. The summed E-state index contributed by atoms with van der Waals surface area (Å²) in [4.78, 5) is 0. The minimum Gasteiger partial charge on any atom is -0.493 e. The fourth-order valence-electron chi connectivity index (χ4n) is 2.52. The molecule has 0 radical (unpaired) electrons. The molecule has 1 aromatic rings. The van der Waals surface area contributed by atoms with Crippen LogP contribution in [0.5, 0.6) is 11.5 Å². The van der Waals surface area contributed by atoms with Crippen LogP contribution in [0.4, 0.5) is 0 Å². The summed E-state index contributed by atoms with van der Waals surface area (Å²) >= 11 is 12.0. The van der Waals surface area contributed by atoms with Crippen molar-refractivity contribution < 1.29 is 9.47 Å². The Hall–Kier alpha value is -0.600. The maximum atomic E-state index is 6.13. The molecule has 0 saturated heterocycles. The van der Waals surface area contributed by atoms with E-state index in [1.807, 2.05) is 6.07 Å². The van der Waals surface area contributed by atoms with Crippen molar-refractivity contribution in [3.05, 3.63) is 22.7 Å². The van der Waals surface area contributed by atoms with Crippen LogP contribution >= 0.6 is 23.2 Å². The number of hydrogen-bond acceptors (Lipinski definition) is 2. The molecule has 0 amide bonds. The van der Waals surface area contributed by atoms with Crippen molar-refractivity contribution in [3.8, 4) is 11.5 Å². The monoisotopic (exact) mass is 302 g/mol. The Bertz CT molecular complexity index is 401. The van der Waals surface area contributed by atoms with Crippen LogP contribution in [0.3, 0.4) is 0 Å². The first-order chi connectivity index (χ1) is 9.13. The van der Waals surface area contributed by atoms with E-state index < -0.39 is 0 Å². The van der Waals surface area contributed by atoms with Crippen molar-refractivity contribution >= 4 is 23.2 Å². The van der Waals surface area contributed by atoms with Crippen molar-refractivity contribution in [2.45, 2.75) is 44.6 Å². The van der Waals surface area contributed by atoms with Crippen LogP contribution < -0.4 is 9.47 Å². The highest BCUT2D eigenvalue weighted by Crippen LogP contribution is 2.38. The molecule has 19 heavy (non-hydrogen) atoms. The van der Waals surface area contributed by atoms with Crippen molar-refractivity contribution in [2.75, 3.05) is 7.11 Å². The van der Waals surface area contributed by atoms with Gasteiger partial charge in [0.05, 0.1) is 19.1 Å². The number of ether oxygens (including phenoxy) is 2. The molecule has 0 bridgehead atoms. The summed E-state index contributed by atoms with van der Waals surface area (Å²) in [6, 6.07) is 3.62. The van der Waals surface area contributed by atoms with Gasteiger partial charge in [-0.25, -0.2) is 0 Å². The lowest BCUT2D eigenvalue weighted by Gasteiger charge is -2.28. The minimum absolute atomic E-state index is 0.258. The molecular formula is C15H20Cl2O2. The largest absolute Gasteiger partial charge is 0.493 e. The first kappa shape index (κ1) is 14.8. The fraction of sp³-hybridized carbons (Fsp3) is 0.600. The van der Waals surface area contributed by atoms with Crippen LogP contribution in [0.15, 0.2) is 12.1 Å². The van der Waals surface area contributed by atoms with E-state index in [1.165, 1.54) is 12.8 Å². The molecule has 0 unspecified atom stereocenters. The molecule has 0 spiro atoms. The quantitative estimate of drug-likeness (QED) is 0.725. The highest BCUT2D eigenvalue weighted by molar-refractivity contribution is 6.31. The second-order valence-corrected chi connectivity index (χ2v) is 5.93. The molecule has 2 rings (SSSR count). The highest BCUT2D eigenvalue weighted by atomic mass is 35.5. The first-order valence-electron chi connectivity index (χ1n) is 6.73. The summed E-state index contributed by atoms with van der Waals surface area (Å²) in [5.41, 5.74) is 0.893. The number of hydrogen-bond donors (Lipinski definition) is 0. The van der Waals surface area contributed by atoms with Gasteiger partial charge in [-0.3, -0.25) is 0 Å². The van der Waals surface area contributed by atoms with E-state index in [0.29, 0.717) is 16.7 Å². The average Bonchev–Trinajstić information content (AvgIpc) is 2.42. The molecule has 2 nitrogen and oxygen atoms in total. The molecule has 1 fully saturated rings. The van der Waals surface area contributed by atoms with Gasteiger partial charge in [0.2, 0.25) is 0 Å². The van der Waals surface area contributed by atoms with Crippen molar-refractivity contribution in [1.29, 1.82) is 0 Å².